The van der Waals surface area contributed by atoms with Gasteiger partial charge in [0, 0.05) is 35.4 Å². The van der Waals surface area contributed by atoms with Gasteiger partial charge in [0.25, 0.3) is 0 Å². The molecule has 1 N–H and O–H groups in total. The lowest BCUT2D eigenvalue weighted by atomic mass is 10.1. The van der Waals surface area contributed by atoms with Crippen LogP contribution in [0.3, 0.4) is 0 Å². The van der Waals surface area contributed by atoms with Crippen LogP contribution in [0.5, 0.6) is 0 Å². The molecular weight excluding hydrogens is 186 g/mol. The molecule has 1 atom stereocenters. The zero-order valence-corrected chi connectivity index (χ0v) is 9.27. The summed E-state index contributed by atoms with van der Waals surface area (Å²) in [5.41, 5.74) is -0.633. The number of aliphatic hydroxyl groups is 1. The van der Waals surface area contributed by atoms with E-state index in [9.17, 15) is 9.32 Å². The summed E-state index contributed by atoms with van der Waals surface area (Å²) in [4.78, 5) is 2.20. The number of hydrogen-bond donors (Lipinski definition) is 1. The van der Waals surface area contributed by atoms with Crippen molar-refractivity contribution in [1.29, 1.82) is 0 Å². The molecule has 1 fully saturated rings. The van der Waals surface area contributed by atoms with E-state index in [0.717, 1.165) is 31.0 Å². The molecule has 0 aromatic heterocycles. The molecule has 1 aliphatic heterocycles. The van der Waals surface area contributed by atoms with Crippen LogP contribution in [-0.4, -0.2) is 51.0 Å². The molecule has 0 aromatic rings. The van der Waals surface area contributed by atoms with E-state index in [1.165, 1.54) is 0 Å². The van der Waals surface area contributed by atoms with Crippen molar-refractivity contribution in [2.24, 2.45) is 0 Å². The first-order valence-electron chi connectivity index (χ1n) is 4.77. The van der Waals surface area contributed by atoms with Gasteiger partial charge in [-0.3, -0.25) is 9.11 Å². The van der Waals surface area contributed by atoms with Crippen molar-refractivity contribution in [1.82, 2.24) is 4.90 Å². The van der Waals surface area contributed by atoms with Gasteiger partial charge in [-0.1, -0.05) is 0 Å². The average Bonchev–Trinajstić information content (AvgIpc) is 2.12. The highest BCUT2D eigenvalue weighted by Gasteiger charge is 2.20. The highest BCUT2D eigenvalue weighted by atomic mass is 32.2. The van der Waals surface area contributed by atoms with E-state index in [2.05, 4.69) is 4.90 Å². The van der Waals surface area contributed by atoms with Crippen LogP contribution in [0.4, 0.5) is 0 Å². The van der Waals surface area contributed by atoms with Crippen LogP contribution < -0.4 is 0 Å². The molecule has 0 bridgehead atoms. The van der Waals surface area contributed by atoms with Gasteiger partial charge >= 0.3 is 0 Å². The van der Waals surface area contributed by atoms with E-state index in [1.807, 2.05) is 13.8 Å². The summed E-state index contributed by atoms with van der Waals surface area (Å²) in [6.45, 7) is 6.14. The molecule has 1 heterocycles. The number of β-amino-alcohol motifs (C(OH)–C–C–N with tert-alkyl or cyclic N) is 1. The smallest absolute Gasteiger partial charge is 0.0718 e. The maximum Gasteiger partial charge on any atom is 0.0718 e. The molecule has 78 valence electrons. The van der Waals surface area contributed by atoms with Crippen molar-refractivity contribution in [3.8, 4) is 0 Å². The van der Waals surface area contributed by atoms with Gasteiger partial charge in [-0.2, -0.15) is 0 Å². The topological polar surface area (TPSA) is 40.5 Å². The van der Waals surface area contributed by atoms with Gasteiger partial charge in [0.1, 0.15) is 0 Å². The van der Waals surface area contributed by atoms with Crippen molar-refractivity contribution in [2.45, 2.75) is 25.9 Å². The Morgan fingerprint density at radius 2 is 2.08 bits per heavy atom. The molecule has 1 aliphatic rings. The monoisotopic (exact) mass is 205 g/mol. The van der Waals surface area contributed by atoms with Crippen molar-refractivity contribution in [3.05, 3.63) is 0 Å². The summed E-state index contributed by atoms with van der Waals surface area (Å²) in [7, 11) is -0.630. The molecule has 0 amide bonds. The third-order valence-electron chi connectivity index (χ3n) is 2.09. The second-order valence-corrected chi connectivity index (χ2v) is 5.99. The molecule has 0 aliphatic carbocycles. The maximum absolute atomic E-state index is 11.2. The maximum atomic E-state index is 11.2. The van der Waals surface area contributed by atoms with Crippen molar-refractivity contribution in [3.63, 3.8) is 0 Å². The van der Waals surface area contributed by atoms with Crippen LogP contribution in [0.15, 0.2) is 0 Å². The molecule has 0 spiro atoms. The largest absolute Gasteiger partial charge is 0.389 e. The normalized spacial score (nSPS) is 27.2. The molecule has 1 unspecified atom stereocenters. The van der Waals surface area contributed by atoms with E-state index >= 15 is 0 Å². The van der Waals surface area contributed by atoms with Crippen LogP contribution in [-0.2, 0) is 10.8 Å². The molecule has 0 aromatic carbocycles. The first-order chi connectivity index (χ1) is 5.97. The molecule has 0 radical (unpaired) electrons. The standard InChI is InChI=1S/C9H19NO2S/c1-9(2,11)8-10-4-3-6-13(12)7-5-10/h11H,3-8H2,1-2H3. The number of nitrogens with zero attached hydrogens (tertiary/aromatic N) is 1. The van der Waals surface area contributed by atoms with E-state index in [4.69, 9.17) is 0 Å². The molecule has 3 nitrogen and oxygen atoms in total. The SMILES string of the molecule is CC(C)(O)CN1CCCS(=O)CC1. The predicted molar refractivity (Wildman–Crippen MR) is 55.2 cm³/mol. The van der Waals surface area contributed by atoms with Crippen LogP contribution in [0.1, 0.15) is 20.3 Å². The predicted octanol–water partition coefficient (Wildman–Crippen LogP) is 0.212. The summed E-state index contributed by atoms with van der Waals surface area (Å²) in [5.74, 6) is 1.58. The average molecular weight is 205 g/mol. The van der Waals surface area contributed by atoms with Gasteiger partial charge in [0.2, 0.25) is 0 Å². The Morgan fingerprint density at radius 1 is 1.38 bits per heavy atom. The van der Waals surface area contributed by atoms with E-state index in [-0.39, 0.29) is 0 Å². The van der Waals surface area contributed by atoms with Crippen LogP contribution in [0, 0.1) is 0 Å². The van der Waals surface area contributed by atoms with Gasteiger partial charge in [0.05, 0.1) is 5.60 Å². The lowest BCUT2D eigenvalue weighted by Crippen LogP contribution is -2.39. The van der Waals surface area contributed by atoms with Crippen LogP contribution in [0.25, 0.3) is 0 Å². The third-order valence-corrected chi connectivity index (χ3v) is 3.47. The minimum Gasteiger partial charge on any atom is -0.389 e. The van der Waals surface area contributed by atoms with Gasteiger partial charge in [0.15, 0.2) is 0 Å². The van der Waals surface area contributed by atoms with Gasteiger partial charge in [-0.15, -0.1) is 0 Å². The van der Waals surface area contributed by atoms with Crippen LogP contribution >= 0.6 is 0 Å². The molecule has 4 heteroatoms. The second kappa shape index (κ2) is 4.53. The summed E-state index contributed by atoms with van der Waals surface area (Å²) in [5, 5.41) is 9.61. The first-order valence-corrected chi connectivity index (χ1v) is 6.26. The zero-order valence-electron chi connectivity index (χ0n) is 8.45. The lowest BCUT2D eigenvalue weighted by Gasteiger charge is -2.27. The third kappa shape index (κ3) is 4.74. The number of rotatable bonds is 2. The van der Waals surface area contributed by atoms with E-state index < -0.39 is 16.4 Å². The second-order valence-electron chi connectivity index (χ2n) is 4.29. The minimum absolute atomic E-state index is 0.630. The Balaban J connectivity index is 2.38. The summed E-state index contributed by atoms with van der Waals surface area (Å²) in [6.07, 6.45) is 0.989. The van der Waals surface area contributed by atoms with Gasteiger partial charge < -0.3 is 5.11 Å². The Kier molecular flexibility index (Phi) is 3.88. The highest BCUT2D eigenvalue weighted by Crippen LogP contribution is 2.08. The molecule has 1 rings (SSSR count). The Hall–Kier alpha value is 0.0700. The Bertz CT molecular complexity index is 189. The lowest BCUT2D eigenvalue weighted by molar-refractivity contribution is 0.0388. The highest BCUT2D eigenvalue weighted by molar-refractivity contribution is 7.85. The molecule has 1 saturated heterocycles. The van der Waals surface area contributed by atoms with E-state index in [0.29, 0.717) is 6.54 Å². The Labute approximate surface area is 82.6 Å². The quantitative estimate of drug-likeness (QED) is 0.701. The van der Waals surface area contributed by atoms with E-state index in [1.54, 1.807) is 0 Å². The number of hydrogen-bond acceptors (Lipinski definition) is 3. The fraction of sp³-hybridized carbons (Fsp3) is 1.00. The van der Waals surface area contributed by atoms with Gasteiger partial charge in [-0.25, -0.2) is 0 Å². The van der Waals surface area contributed by atoms with Crippen molar-refractivity contribution < 1.29 is 9.32 Å². The molecule has 0 saturated carbocycles. The zero-order chi connectivity index (χ0) is 9.90. The van der Waals surface area contributed by atoms with Gasteiger partial charge in [-0.05, 0) is 26.8 Å². The van der Waals surface area contributed by atoms with Crippen LogP contribution in [0.2, 0.25) is 0 Å². The molecular formula is C9H19NO2S. The fourth-order valence-corrected chi connectivity index (χ4v) is 2.72. The summed E-state index contributed by atoms with van der Waals surface area (Å²) >= 11 is 0. The summed E-state index contributed by atoms with van der Waals surface area (Å²) in [6, 6.07) is 0. The first kappa shape index (κ1) is 11.1. The van der Waals surface area contributed by atoms with Crippen molar-refractivity contribution in [2.75, 3.05) is 31.1 Å². The fourth-order valence-electron chi connectivity index (χ4n) is 1.60. The molecule has 13 heavy (non-hydrogen) atoms. The van der Waals surface area contributed by atoms with Crippen molar-refractivity contribution >= 4 is 10.8 Å². The Morgan fingerprint density at radius 3 is 2.69 bits per heavy atom. The summed E-state index contributed by atoms with van der Waals surface area (Å²) < 4.78 is 11.2. The minimum atomic E-state index is -0.633.